The van der Waals surface area contributed by atoms with Gasteiger partial charge in [-0.3, -0.25) is 0 Å². The molecule has 110 valence electrons. The number of fused-ring (bicyclic) bond motifs is 1. The average Bonchev–Trinajstić information content (AvgIpc) is 2.94. The number of nitrogens with zero attached hydrogens (tertiary/aromatic N) is 2. The molecule has 0 amide bonds. The molecule has 0 bridgehead atoms. The summed E-state index contributed by atoms with van der Waals surface area (Å²) in [7, 11) is 0. The molecule has 1 aromatic heterocycles. The van der Waals surface area contributed by atoms with Crippen molar-refractivity contribution in [2.75, 3.05) is 18.0 Å². The molecular weight excluding hydrogens is 253 g/mol. The zero-order chi connectivity index (χ0) is 13.9. The third-order valence-corrected chi connectivity index (χ3v) is 4.74. The monoisotopic (exact) mass is 277 g/mol. The van der Waals surface area contributed by atoms with Crippen molar-refractivity contribution in [3.63, 3.8) is 0 Å². The number of anilines is 1. The third kappa shape index (κ3) is 2.66. The van der Waals surface area contributed by atoms with E-state index in [1.807, 2.05) is 0 Å². The largest absolute Gasteiger partial charge is 0.353 e. The van der Waals surface area contributed by atoms with E-state index in [4.69, 9.17) is 0 Å². The Morgan fingerprint density at radius 3 is 3.05 bits per heavy atom. The normalized spacial score (nSPS) is 25.8. The van der Waals surface area contributed by atoms with Gasteiger partial charge in [-0.15, -0.1) is 0 Å². The van der Waals surface area contributed by atoms with E-state index < -0.39 is 0 Å². The fourth-order valence-electron chi connectivity index (χ4n) is 3.84. The molecule has 20 heavy (non-hydrogen) atoms. The zero-order valence-corrected chi connectivity index (χ0v) is 12.2. The number of piperidine rings is 1. The van der Waals surface area contributed by atoms with Gasteiger partial charge in [-0.2, -0.15) is 0 Å². The van der Waals surface area contributed by atoms with Crippen LogP contribution in [0, 0.1) is 11.7 Å². The highest BCUT2D eigenvalue weighted by Gasteiger charge is 2.36. The van der Waals surface area contributed by atoms with E-state index in [1.165, 1.54) is 38.3 Å². The summed E-state index contributed by atoms with van der Waals surface area (Å²) in [6.07, 6.45) is 7.90. The second-order valence-corrected chi connectivity index (χ2v) is 6.01. The molecule has 1 aliphatic carbocycles. The first-order valence-corrected chi connectivity index (χ1v) is 7.91. The molecular formula is C16H24FN3. The number of pyridine rings is 1. The molecule has 3 rings (SSSR count). The van der Waals surface area contributed by atoms with Gasteiger partial charge in [0.2, 0.25) is 0 Å². The summed E-state index contributed by atoms with van der Waals surface area (Å²) >= 11 is 0. The fraction of sp³-hybridized carbons (Fsp3) is 0.688. The summed E-state index contributed by atoms with van der Waals surface area (Å²) in [5.74, 6) is 1.59. The van der Waals surface area contributed by atoms with Crippen LogP contribution in [-0.4, -0.2) is 24.1 Å². The lowest BCUT2D eigenvalue weighted by Gasteiger charge is -2.39. The van der Waals surface area contributed by atoms with Gasteiger partial charge < -0.3 is 10.2 Å². The lowest BCUT2D eigenvalue weighted by atomic mass is 9.91. The van der Waals surface area contributed by atoms with Crippen LogP contribution in [0.25, 0.3) is 0 Å². The highest BCUT2D eigenvalue weighted by molar-refractivity contribution is 5.49. The first-order valence-electron chi connectivity index (χ1n) is 7.91. The minimum atomic E-state index is -0.235. The molecule has 2 fully saturated rings. The summed E-state index contributed by atoms with van der Waals surface area (Å²) in [5, 5.41) is 3.30. The summed E-state index contributed by atoms with van der Waals surface area (Å²) in [5.41, 5.74) is 0.999. The van der Waals surface area contributed by atoms with E-state index in [0.29, 0.717) is 12.6 Å². The minimum absolute atomic E-state index is 0.235. The van der Waals surface area contributed by atoms with E-state index in [2.05, 4.69) is 22.1 Å². The Bertz CT molecular complexity index is 463. The van der Waals surface area contributed by atoms with Crippen LogP contribution in [0.5, 0.6) is 0 Å². The Hall–Kier alpha value is -1.16. The van der Waals surface area contributed by atoms with Gasteiger partial charge in [0, 0.05) is 24.7 Å². The number of nitrogens with one attached hydrogen (secondary N) is 1. The van der Waals surface area contributed by atoms with Gasteiger partial charge in [0.1, 0.15) is 11.6 Å². The molecule has 2 atom stereocenters. The first-order chi connectivity index (χ1) is 9.79. The van der Waals surface area contributed by atoms with Crippen molar-refractivity contribution in [2.45, 2.75) is 51.6 Å². The second-order valence-electron chi connectivity index (χ2n) is 6.01. The van der Waals surface area contributed by atoms with Gasteiger partial charge >= 0.3 is 0 Å². The molecule has 0 aromatic carbocycles. The summed E-state index contributed by atoms with van der Waals surface area (Å²) in [6, 6.07) is 2.27. The topological polar surface area (TPSA) is 28.2 Å². The van der Waals surface area contributed by atoms with Crippen LogP contribution in [0.2, 0.25) is 0 Å². The van der Waals surface area contributed by atoms with Crippen molar-refractivity contribution in [1.29, 1.82) is 0 Å². The smallest absolute Gasteiger partial charge is 0.141 e. The number of rotatable bonds is 4. The molecule has 1 aliphatic heterocycles. The van der Waals surface area contributed by atoms with Gasteiger partial charge in [0.15, 0.2) is 0 Å². The summed E-state index contributed by atoms with van der Waals surface area (Å²) < 4.78 is 13.5. The fourth-order valence-corrected chi connectivity index (χ4v) is 3.84. The Kier molecular flexibility index (Phi) is 4.20. The maximum Gasteiger partial charge on any atom is 0.141 e. The molecule has 0 spiro atoms. The van der Waals surface area contributed by atoms with Crippen molar-refractivity contribution in [1.82, 2.24) is 10.3 Å². The number of hydrogen-bond acceptors (Lipinski definition) is 3. The standard InChI is InChI=1S/C16H24FN3/c1-2-18-10-13-9-14(17)11-19-16(13)20-8-4-6-12-5-3-7-15(12)20/h9,11-12,15,18H,2-8,10H2,1H3. The lowest BCUT2D eigenvalue weighted by Crippen LogP contribution is -2.43. The SMILES string of the molecule is CCNCc1cc(F)cnc1N1CCCC2CCCC21. The van der Waals surface area contributed by atoms with Crippen molar-refractivity contribution < 1.29 is 4.39 Å². The predicted octanol–water partition coefficient (Wildman–Crippen LogP) is 3.10. The molecule has 2 heterocycles. The number of aromatic nitrogens is 1. The van der Waals surface area contributed by atoms with E-state index in [1.54, 1.807) is 6.07 Å². The Morgan fingerprint density at radius 2 is 2.20 bits per heavy atom. The van der Waals surface area contributed by atoms with Crippen LogP contribution in [0.1, 0.15) is 44.6 Å². The average molecular weight is 277 g/mol. The van der Waals surface area contributed by atoms with Crippen LogP contribution in [0.4, 0.5) is 10.2 Å². The van der Waals surface area contributed by atoms with Gasteiger partial charge in [-0.05, 0) is 44.2 Å². The Morgan fingerprint density at radius 1 is 1.35 bits per heavy atom. The molecule has 1 aromatic rings. The van der Waals surface area contributed by atoms with Crippen LogP contribution >= 0.6 is 0 Å². The minimum Gasteiger partial charge on any atom is -0.353 e. The van der Waals surface area contributed by atoms with Crippen molar-refractivity contribution in [2.24, 2.45) is 5.92 Å². The van der Waals surface area contributed by atoms with Crippen LogP contribution in [0.3, 0.4) is 0 Å². The molecule has 0 radical (unpaired) electrons. The third-order valence-electron chi connectivity index (χ3n) is 4.74. The summed E-state index contributed by atoms with van der Waals surface area (Å²) in [6.45, 7) is 4.73. The van der Waals surface area contributed by atoms with E-state index in [9.17, 15) is 4.39 Å². The quantitative estimate of drug-likeness (QED) is 0.916. The predicted molar refractivity (Wildman–Crippen MR) is 79.3 cm³/mol. The van der Waals surface area contributed by atoms with Gasteiger partial charge in [0.05, 0.1) is 6.20 Å². The highest BCUT2D eigenvalue weighted by Crippen LogP contribution is 2.39. The van der Waals surface area contributed by atoms with Crippen LogP contribution < -0.4 is 10.2 Å². The zero-order valence-electron chi connectivity index (χ0n) is 12.2. The van der Waals surface area contributed by atoms with Gasteiger partial charge in [0.25, 0.3) is 0 Å². The molecule has 2 unspecified atom stereocenters. The molecule has 4 heteroatoms. The van der Waals surface area contributed by atoms with Gasteiger partial charge in [-0.25, -0.2) is 9.37 Å². The number of halogens is 1. The van der Waals surface area contributed by atoms with Crippen LogP contribution in [0.15, 0.2) is 12.3 Å². The van der Waals surface area contributed by atoms with Crippen LogP contribution in [-0.2, 0) is 6.54 Å². The maximum absolute atomic E-state index is 13.5. The molecule has 3 nitrogen and oxygen atoms in total. The van der Waals surface area contributed by atoms with E-state index >= 15 is 0 Å². The molecule has 1 N–H and O–H groups in total. The lowest BCUT2D eigenvalue weighted by molar-refractivity contribution is 0.359. The number of hydrogen-bond donors (Lipinski definition) is 1. The Balaban J connectivity index is 1.87. The van der Waals surface area contributed by atoms with E-state index in [-0.39, 0.29) is 5.82 Å². The first kappa shape index (κ1) is 13.8. The van der Waals surface area contributed by atoms with Gasteiger partial charge in [-0.1, -0.05) is 13.3 Å². The van der Waals surface area contributed by atoms with Crippen molar-refractivity contribution >= 4 is 5.82 Å². The summed E-state index contributed by atoms with van der Waals surface area (Å²) in [4.78, 5) is 6.88. The van der Waals surface area contributed by atoms with E-state index in [0.717, 1.165) is 30.4 Å². The molecule has 1 saturated heterocycles. The molecule has 1 saturated carbocycles. The second kappa shape index (κ2) is 6.08. The van der Waals surface area contributed by atoms with Crippen molar-refractivity contribution in [3.05, 3.63) is 23.6 Å². The van der Waals surface area contributed by atoms with Crippen molar-refractivity contribution in [3.8, 4) is 0 Å². The maximum atomic E-state index is 13.5. The molecule has 2 aliphatic rings. The highest BCUT2D eigenvalue weighted by atomic mass is 19.1. The Labute approximate surface area is 120 Å².